The van der Waals surface area contributed by atoms with Crippen molar-refractivity contribution >= 4 is 38.9 Å². The summed E-state index contributed by atoms with van der Waals surface area (Å²) in [5, 5.41) is 4.20. The Labute approximate surface area is 263 Å². The lowest BCUT2D eigenvalue weighted by Crippen LogP contribution is -2.46. The molecule has 0 atom stereocenters. The molecule has 1 N–H and O–H groups in total. The Hall–Kier alpha value is -3.79. The van der Waals surface area contributed by atoms with Gasteiger partial charge in [-0.2, -0.15) is 0 Å². The van der Waals surface area contributed by atoms with Gasteiger partial charge in [0, 0.05) is 43.4 Å². The lowest BCUT2D eigenvalue weighted by molar-refractivity contribution is -0.114. The number of nitrogens with one attached hydrogen (secondary N) is 1. The number of fused-ring (bicyclic) bond motifs is 2. The van der Waals surface area contributed by atoms with Crippen molar-refractivity contribution in [1.82, 2.24) is 14.8 Å². The number of rotatable bonds is 11. The van der Waals surface area contributed by atoms with Crippen LogP contribution >= 0.6 is 11.3 Å². The van der Waals surface area contributed by atoms with E-state index in [2.05, 4.69) is 69.5 Å². The second kappa shape index (κ2) is 13.9. The average molecular weight is 612 g/mol. The van der Waals surface area contributed by atoms with Crippen molar-refractivity contribution in [2.75, 3.05) is 57.8 Å². The van der Waals surface area contributed by atoms with E-state index in [9.17, 15) is 4.79 Å². The minimum Gasteiger partial charge on any atom is -0.490 e. The van der Waals surface area contributed by atoms with Gasteiger partial charge in [0.2, 0.25) is 5.91 Å². The highest BCUT2D eigenvalue weighted by Crippen LogP contribution is 2.36. The van der Waals surface area contributed by atoms with Crippen LogP contribution in [0.1, 0.15) is 47.5 Å². The fourth-order valence-electron chi connectivity index (χ4n) is 5.91. The van der Waals surface area contributed by atoms with Crippen LogP contribution in [0.3, 0.4) is 0 Å². The van der Waals surface area contributed by atoms with E-state index in [4.69, 9.17) is 14.5 Å². The first kappa shape index (κ1) is 30.2. The number of benzodiazepines with no additional fused rings is 1. The second-order valence-electron chi connectivity index (χ2n) is 11.4. The van der Waals surface area contributed by atoms with Crippen LogP contribution in [0, 0.1) is 6.92 Å². The number of carbonyl (C=O) groups is 1. The number of carbonyl (C=O) groups excluding carboxylic acids is 1. The van der Waals surface area contributed by atoms with Crippen molar-refractivity contribution in [3.63, 3.8) is 0 Å². The zero-order valence-electron chi connectivity index (χ0n) is 25.9. The Kier molecular flexibility index (Phi) is 9.54. The van der Waals surface area contributed by atoms with Crippen LogP contribution in [0.15, 0.2) is 59.6 Å². The van der Waals surface area contributed by atoms with Gasteiger partial charge < -0.3 is 19.7 Å². The van der Waals surface area contributed by atoms with Gasteiger partial charge in [0.25, 0.3) is 0 Å². The number of ether oxygens (including phenoxy) is 2. The fraction of sp³-hybridized carbons (Fsp3) is 0.400. The first-order valence-corrected chi connectivity index (χ1v) is 16.5. The summed E-state index contributed by atoms with van der Waals surface area (Å²) in [6.07, 6.45) is 2.15. The zero-order valence-corrected chi connectivity index (χ0v) is 26.7. The number of hydrogen-bond acceptors (Lipinski definition) is 8. The molecule has 8 nitrogen and oxygen atoms in total. The van der Waals surface area contributed by atoms with E-state index in [1.165, 1.54) is 20.8 Å². The molecule has 1 aromatic heterocycles. The molecule has 2 aliphatic rings. The molecule has 4 aromatic rings. The molecule has 0 spiro atoms. The molecule has 44 heavy (non-hydrogen) atoms. The number of amides is 1. The monoisotopic (exact) mass is 611 g/mol. The van der Waals surface area contributed by atoms with Crippen molar-refractivity contribution in [3.05, 3.63) is 81.9 Å². The Morgan fingerprint density at radius 2 is 1.64 bits per heavy atom. The zero-order chi connectivity index (χ0) is 30.5. The lowest BCUT2D eigenvalue weighted by atomic mass is 9.98. The van der Waals surface area contributed by atoms with E-state index in [1.807, 2.05) is 37.3 Å². The molecule has 1 amide bonds. The molecule has 230 valence electrons. The van der Waals surface area contributed by atoms with Gasteiger partial charge in [-0.05, 0) is 69.5 Å². The highest BCUT2D eigenvalue weighted by Gasteiger charge is 2.22. The SMILES string of the molecule is CCOc1cc2c(cc1OCC)C(c1ccc(CCCN3CCN(Cc4nc5ccc(C)cc5s4)CC3)cc1)=NCC(=O)N2. The number of piperazine rings is 1. The summed E-state index contributed by atoms with van der Waals surface area (Å²) in [4.78, 5) is 27.1. The molecule has 3 heterocycles. The summed E-state index contributed by atoms with van der Waals surface area (Å²) in [7, 11) is 0. The van der Waals surface area contributed by atoms with Gasteiger partial charge in [-0.1, -0.05) is 30.3 Å². The third-order valence-corrected chi connectivity index (χ3v) is 9.18. The van der Waals surface area contributed by atoms with Crippen LogP contribution in [0.25, 0.3) is 10.2 Å². The van der Waals surface area contributed by atoms with Crippen LogP contribution in [0.2, 0.25) is 0 Å². The third-order valence-electron chi connectivity index (χ3n) is 8.17. The van der Waals surface area contributed by atoms with Crippen LogP contribution in [-0.4, -0.2) is 78.9 Å². The Morgan fingerprint density at radius 1 is 0.909 bits per heavy atom. The predicted octanol–water partition coefficient (Wildman–Crippen LogP) is 5.94. The van der Waals surface area contributed by atoms with Gasteiger partial charge in [0.1, 0.15) is 11.6 Å². The predicted molar refractivity (Wildman–Crippen MR) is 179 cm³/mol. The molecule has 3 aromatic carbocycles. The van der Waals surface area contributed by atoms with Gasteiger partial charge >= 0.3 is 0 Å². The third kappa shape index (κ3) is 7.12. The Bertz CT molecular complexity index is 1640. The summed E-state index contributed by atoms with van der Waals surface area (Å²) in [6, 6.07) is 18.9. The molecule has 1 saturated heterocycles. The van der Waals surface area contributed by atoms with E-state index in [-0.39, 0.29) is 12.5 Å². The fourth-order valence-corrected chi connectivity index (χ4v) is 7.02. The number of hydrogen-bond donors (Lipinski definition) is 1. The molecule has 1 fully saturated rings. The molecular formula is C35H41N5O3S. The molecule has 0 unspecified atom stereocenters. The molecule has 0 bridgehead atoms. The molecule has 9 heteroatoms. The minimum absolute atomic E-state index is 0.0766. The minimum atomic E-state index is -0.142. The standard InChI is InChI=1S/C35H41N5O3S/c1-4-42-30-20-27-29(21-31(30)43-5-2)37-33(41)22-36-35(27)26-11-9-25(10-12-26)7-6-14-39-15-17-40(18-16-39)23-34-38-28-13-8-24(3)19-32(28)44-34/h8-13,19-21H,4-7,14-18,22-23H2,1-3H3,(H,37,41). The molecule has 0 saturated carbocycles. The molecule has 2 aliphatic heterocycles. The summed E-state index contributed by atoms with van der Waals surface area (Å²) < 4.78 is 12.9. The van der Waals surface area contributed by atoms with Gasteiger partial charge in [0.15, 0.2) is 11.5 Å². The lowest BCUT2D eigenvalue weighted by Gasteiger charge is -2.34. The Morgan fingerprint density at radius 3 is 2.39 bits per heavy atom. The number of aliphatic imine (C=N–C) groups is 1. The van der Waals surface area contributed by atoms with Gasteiger partial charge in [-0.15, -0.1) is 11.3 Å². The van der Waals surface area contributed by atoms with Crippen LogP contribution < -0.4 is 14.8 Å². The van der Waals surface area contributed by atoms with Crippen LogP contribution in [-0.2, 0) is 17.8 Å². The van der Waals surface area contributed by atoms with Crippen LogP contribution in [0.5, 0.6) is 11.5 Å². The van der Waals surface area contributed by atoms with Crippen molar-refractivity contribution in [2.24, 2.45) is 4.99 Å². The van der Waals surface area contributed by atoms with Crippen LogP contribution in [0.4, 0.5) is 5.69 Å². The quantitative estimate of drug-likeness (QED) is 0.226. The van der Waals surface area contributed by atoms with Gasteiger partial charge in [-0.3, -0.25) is 14.7 Å². The molecule has 6 rings (SSSR count). The maximum atomic E-state index is 12.5. The Balaban J connectivity index is 1.03. The average Bonchev–Trinajstić information content (AvgIpc) is 3.34. The van der Waals surface area contributed by atoms with Crippen molar-refractivity contribution < 1.29 is 14.3 Å². The van der Waals surface area contributed by atoms with Crippen molar-refractivity contribution in [3.8, 4) is 11.5 Å². The normalized spacial score (nSPS) is 15.9. The number of benzene rings is 3. The van der Waals surface area contributed by atoms with Gasteiger partial charge in [-0.25, -0.2) is 4.98 Å². The molecular weight excluding hydrogens is 570 g/mol. The topological polar surface area (TPSA) is 79.3 Å². The first-order valence-electron chi connectivity index (χ1n) is 15.7. The highest BCUT2D eigenvalue weighted by molar-refractivity contribution is 7.18. The maximum absolute atomic E-state index is 12.5. The van der Waals surface area contributed by atoms with E-state index in [1.54, 1.807) is 0 Å². The largest absolute Gasteiger partial charge is 0.490 e. The van der Waals surface area contributed by atoms with E-state index in [0.29, 0.717) is 30.4 Å². The molecule has 0 aliphatic carbocycles. The molecule has 0 radical (unpaired) electrons. The van der Waals surface area contributed by atoms with E-state index >= 15 is 0 Å². The van der Waals surface area contributed by atoms with Gasteiger partial charge in [0.05, 0.1) is 41.4 Å². The van der Waals surface area contributed by atoms with E-state index in [0.717, 1.165) is 74.5 Å². The first-order chi connectivity index (χ1) is 21.5. The maximum Gasteiger partial charge on any atom is 0.246 e. The second-order valence-corrected chi connectivity index (χ2v) is 12.5. The highest BCUT2D eigenvalue weighted by atomic mass is 32.1. The number of nitrogens with zero attached hydrogens (tertiary/aromatic N) is 4. The van der Waals surface area contributed by atoms with E-state index < -0.39 is 0 Å². The van der Waals surface area contributed by atoms with Crippen molar-refractivity contribution in [2.45, 2.75) is 40.2 Å². The summed E-state index contributed by atoms with van der Waals surface area (Å²) in [5.41, 5.74) is 7.02. The summed E-state index contributed by atoms with van der Waals surface area (Å²) in [6.45, 7) is 13.5. The summed E-state index contributed by atoms with van der Waals surface area (Å²) >= 11 is 1.83. The number of aryl methyl sites for hydroxylation is 2. The number of thiazole rings is 1. The number of anilines is 1. The van der Waals surface area contributed by atoms with Crippen molar-refractivity contribution in [1.29, 1.82) is 0 Å². The smallest absolute Gasteiger partial charge is 0.246 e. The summed E-state index contributed by atoms with van der Waals surface area (Å²) in [5.74, 6) is 1.13. The number of aromatic nitrogens is 1.